The Kier molecular flexibility index (Phi) is 8.04. The largest absolute Gasteiger partial charge is 0.497 e. The van der Waals surface area contributed by atoms with Crippen LogP contribution in [0.25, 0.3) is 6.08 Å². The van der Waals surface area contributed by atoms with Crippen LogP contribution in [0.5, 0.6) is 5.75 Å². The third kappa shape index (κ3) is 6.11. The van der Waals surface area contributed by atoms with Crippen LogP contribution in [-0.4, -0.2) is 68.0 Å². The number of likely N-dealkylation sites (tertiary alicyclic amines) is 1. The van der Waals surface area contributed by atoms with E-state index in [1.54, 1.807) is 32.1 Å². The Morgan fingerprint density at radius 2 is 2.11 bits per heavy atom. The Hall–Kier alpha value is -2.83. The molecule has 2 amide bonds. The fourth-order valence-electron chi connectivity index (χ4n) is 3.08. The van der Waals surface area contributed by atoms with Crippen molar-refractivity contribution in [3.05, 3.63) is 35.9 Å². The van der Waals surface area contributed by atoms with Gasteiger partial charge in [0.1, 0.15) is 5.75 Å². The lowest BCUT2D eigenvalue weighted by Crippen LogP contribution is -2.47. The summed E-state index contributed by atoms with van der Waals surface area (Å²) in [5.41, 5.74) is 0.834. The van der Waals surface area contributed by atoms with Gasteiger partial charge in [0.2, 0.25) is 11.8 Å². The number of carbonyl (C=O) groups excluding carboxylic acids is 3. The summed E-state index contributed by atoms with van der Waals surface area (Å²) in [6, 6.07) is 7.34. The fourth-order valence-corrected chi connectivity index (χ4v) is 3.08. The minimum absolute atomic E-state index is 0.0309. The first-order valence-electron chi connectivity index (χ1n) is 9.46. The first kappa shape index (κ1) is 21.5. The van der Waals surface area contributed by atoms with Crippen molar-refractivity contribution in [2.24, 2.45) is 5.92 Å². The third-order valence-electron chi connectivity index (χ3n) is 4.65. The van der Waals surface area contributed by atoms with Crippen LogP contribution in [0.4, 0.5) is 0 Å². The summed E-state index contributed by atoms with van der Waals surface area (Å²) in [4.78, 5) is 39.8. The maximum atomic E-state index is 12.5. The van der Waals surface area contributed by atoms with E-state index in [-0.39, 0.29) is 30.2 Å². The normalized spacial score (nSPS) is 16.7. The van der Waals surface area contributed by atoms with Crippen molar-refractivity contribution < 1.29 is 23.9 Å². The molecule has 28 heavy (non-hydrogen) atoms. The molecule has 0 saturated carbocycles. The number of rotatable bonds is 7. The van der Waals surface area contributed by atoms with Crippen molar-refractivity contribution in [3.63, 3.8) is 0 Å². The predicted octanol–water partition coefficient (Wildman–Crippen LogP) is 1.97. The molecule has 1 fully saturated rings. The van der Waals surface area contributed by atoms with Crippen LogP contribution < -0.4 is 4.74 Å². The molecule has 1 saturated heterocycles. The number of hydrogen-bond acceptors (Lipinski definition) is 5. The van der Waals surface area contributed by atoms with E-state index in [9.17, 15) is 14.4 Å². The second-order valence-electron chi connectivity index (χ2n) is 6.74. The van der Waals surface area contributed by atoms with Crippen molar-refractivity contribution in [1.82, 2.24) is 9.80 Å². The van der Waals surface area contributed by atoms with Gasteiger partial charge in [-0.25, -0.2) is 0 Å². The Morgan fingerprint density at radius 3 is 2.82 bits per heavy atom. The molecule has 7 nitrogen and oxygen atoms in total. The number of amides is 2. The van der Waals surface area contributed by atoms with Gasteiger partial charge in [0.15, 0.2) is 0 Å². The molecule has 7 heteroatoms. The second-order valence-corrected chi connectivity index (χ2v) is 6.74. The molecule has 1 aromatic rings. The zero-order valence-corrected chi connectivity index (χ0v) is 16.7. The number of ether oxygens (including phenoxy) is 2. The molecule has 2 rings (SSSR count). The van der Waals surface area contributed by atoms with Gasteiger partial charge in [-0.1, -0.05) is 12.1 Å². The van der Waals surface area contributed by atoms with E-state index in [2.05, 4.69) is 0 Å². The highest BCUT2D eigenvalue weighted by atomic mass is 16.5. The van der Waals surface area contributed by atoms with E-state index in [0.717, 1.165) is 18.4 Å². The average Bonchev–Trinajstić information content (AvgIpc) is 2.72. The summed E-state index contributed by atoms with van der Waals surface area (Å²) in [6.45, 7) is 3.01. The molecule has 0 radical (unpaired) electrons. The van der Waals surface area contributed by atoms with Crippen LogP contribution in [0.3, 0.4) is 0 Å². The molecule has 0 bridgehead atoms. The van der Waals surface area contributed by atoms with E-state index >= 15 is 0 Å². The maximum absolute atomic E-state index is 12.5. The molecular formula is C21H28N2O5. The summed E-state index contributed by atoms with van der Waals surface area (Å²) in [6.07, 6.45) is 4.59. The van der Waals surface area contributed by atoms with Crippen LogP contribution in [0, 0.1) is 5.92 Å². The standard InChI is InChI=1S/C21H28N2O5/c1-4-28-21(26)17-8-6-12-23(14-17)20(25)15-22(2)19(24)11-10-16-7-5-9-18(13-16)27-3/h5,7,9-11,13,17H,4,6,8,12,14-15H2,1-3H3/b11-10+. The fraction of sp³-hybridized carbons (Fsp3) is 0.476. The maximum Gasteiger partial charge on any atom is 0.310 e. The summed E-state index contributed by atoms with van der Waals surface area (Å²) in [5, 5.41) is 0. The van der Waals surface area contributed by atoms with Gasteiger partial charge in [-0.2, -0.15) is 0 Å². The molecule has 1 atom stereocenters. The van der Waals surface area contributed by atoms with Gasteiger partial charge in [-0.3, -0.25) is 14.4 Å². The monoisotopic (exact) mass is 388 g/mol. The minimum Gasteiger partial charge on any atom is -0.497 e. The van der Waals surface area contributed by atoms with Gasteiger partial charge in [0, 0.05) is 26.2 Å². The number of piperidine rings is 1. The molecule has 0 spiro atoms. The Morgan fingerprint density at radius 1 is 1.32 bits per heavy atom. The third-order valence-corrected chi connectivity index (χ3v) is 4.65. The predicted molar refractivity (Wildman–Crippen MR) is 106 cm³/mol. The van der Waals surface area contributed by atoms with Crippen LogP contribution >= 0.6 is 0 Å². The topological polar surface area (TPSA) is 76.2 Å². The molecule has 0 aliphatic carbocycles. The van der Waals surface area contributed by atoms with Crippen molar-refractivity contribution in [2.45, 2.75) is 19.8 Å². The lowest BCUT2D eigenvalue weighted by molar-refractivity contribution is -0.151. The molecule has 0 aromatic heterocycles. The number of likely N-dealkylation sites (N-methyl/N-ethyl adjacent to an activating group) is 1. The smallest absolute Gasteiger partial charge is 0.310 e. The Labute approximate surface area is 165 Å². The van der Waals surface area contributed by atoms with E-state index < -0.39 is 0 Å². The highest BCUT2D eigenvalue weighted by molar-refractivity contribution is 5.94. The minimum atomic E-state index is -0.286. The van der Waals surface area contributed by atoms with E-state index in [0.29, 0.717) is 25.4 Å². The highest BCUT2D eigenvalue weighted by Crippen LogP contribution is 2.18. The lowest BCUT2D eigenvalue weighted by Gasteiger charge is -2.32. The first-order chi connectivity index (χ1) is 13.4. The molecular weight excluding hydrogens is 360 g/mol. The van der Waals surface area contributed by atoms with Crippen LogP contribution in [0.15, 0.2) is 30.3 Å². The van der Waals surface area contributed by atoms with Crippen molar-refractivity contribution >= 4 is 23.9 Å². The van der Waals surface area contributed by atoms with Crippen molar-refractivity contribution in [1.29, 1.82) is 0 Å². The number of hydrogen-bond donors (Lipinski definition) is 0. The number of carbonyl (C=O) groups is 3. The first-order valence-corrected chi connectivity index (χ1v) is 9.46. The van der Waals surface area contributed by atoms with E-state index in [1.807, 2.05) is 24.3 Å². The molecule has 152 valence electrons. The second kappa shape index (κ2) is 10.5. The van der Waals surface area contributed by atoms with Crippen LogP contribution in [-0.2, 0) is 19.1 Å². The molecule has 1 unspecified atom stereocenters. The average molecular weight is 388 g/mol. The quantitative estimate of drug-likeness (QED) is 0.527. The van der Waals surface area contributed by atoms with Gasteiger partial charge >= 0.3 is 5.97 Å². The van der Waals surface area contributed by atoms with Crippen LogP contribution in [0.1, 0.15) is 25.3 Å². The van der Waals surface area contributed by atoms with Gasteiger partial charge in [-0.05, 0) is 43.5 Å². The summed E-state index contributed by atoms with van der Waals surface area (Å²) >= 11 is 0. The molecule has 0 N–H and O–H groups in total. The van der Waals surface area contributed by atoms with Crippen molar-refractivity contribution in [2.75, 3.05) is 40.4 Å². The van der Waals surface area contributed by atoms with E-state index in [1.165, 1.54) is 11.0 Å². The summed E-state index contributed by atoms with van der Waals surface area (Å²) in [5.74, 6) is -0.272. The summed E-state index contributed by atoms with van der Waals surface area (Å²) in [7, 11) is 3.17. The Balaban J connectivity index is 1.89. The molecule has 1 heterocycles. The lowest BCUT2D eigenvalue weighted by atomic mass is 9.98. The zero-order chi connectivity index (χ0) is 20.5. The number of methoxy groups -OCH3 is 1. The molecule has 1 aliphatic rings. The van der Waals surface area contributed by atoms with Crippen LogP contribution in [0.2, 0.25) is 0 Å². The van der Waals surface area contributed by atoms with Crippen molar-refractivity contribution in [3.8, 4) is 5.75 Å². The van der Waals surface area contributed by atoms with Gasteiger partial charge in [-0.15, -0.1) is 0 Å². The molecule has 1 aliphatic heterocycles. The summed E-state index contributed by atoms with van der Waals surface area (Å²) < 4.78 is 10.2. The molecule has 1 aromatic carbocycles. The SMILES string of the molecule is CCOC(=O)C1CCCN(C(=O)CN(C)C(=O)/C=C/c2cccc(OC)c2)C1. The highest BCUT2D eigenvalue weighted by Gasteiger charge is 2.29. The Bertz CT molecular complexity index is 731. The van der Waals surface area contributed by atoms with Gasteiger partial charge < -0.3 is 19.3 Å². The number of nitrogens with zero attached hydrogens (tertiary/aromatic N) is 2. The zero-order valence-electron chi connectivity index (χ0n) is 16.7. The number of benzene rings is 1. The van der Waals surface area contributed by atoms with Gasteiger partial charge in [0.05, 0.1) is 26.2 Å². The number of esters is 1. The van der Waals surface area contributed by atoms with Gasteiger partial charge in [0.25, 0.3) is 0 Å². The van der Waals surface area contributed by atoms with E-state index in [4.69, 9.17) is 9.47 Å².